The molecule has 1 unspecified atom stereocenters. The van der Waals surface area contributed by atoms with E-state index in [1.54, 1.807) is 33.7 Å². The van der Waals surface area contributed by atoms with E-state index in [-0.39, 0.29) is 45.8 Å². The van der Waals surface area contributed by atoms with Crippen LogP contribution in [0.2, 0.25) is 0 Å². The zero-order valence-corrected chi connectivity index (χ0v) is 20.6. The van der Waals surface area contributed by atoms with Crippen molar-refractivity contribution in [2.45, 2.75) is 6.17 Å². The van der Waals surface area contributed by atoms with Gasteiger partial charge in [-0.25, -0.2) is 4.99 Å². The van der Waals surface area contributed by atoms with E-state index in [0.29, 0.717) is 17.2 Å². The second-order valence-corrected chi connectivity index (χ2v) is 8.99. The Kier molecular flexibility index (Phi) is 5.02. The van der Waals surface area contributed by atoms with Gasteiger partial charge in [-0.2, -0.15) is 4.58 Å². The summed E-state index contributed by atoms with van der Waals surface area (Å²) in [6.45, 7) is 15.2. The maximum atomic E-state index is 13.6. The number of amidine groups is 1. The van der Waals surface area contributed by atoms with Gasteiger partial charge in [0, 0.05) is 16.8 Å². The molecule has 2 aliphatic heterocycles. The summed E-state index contributed by atoms with van der Waals surface area (Å²) in [7, 11) is 0. The Morgan fingerprint density at radius 2 is 1.30 bits per heavy atom. The number of carbonyl (C=O) groups is 2. The lowest BCUT2D eigenvalue weighted by atomic mass is 9.86. The number of hydrogen-bond acceptors (Lipinski definition) is 7. The fraction of sp³-hybridized carbons (Fsp3) is 0.0333. The maximum Gasteiger partial charge on any atom is 0.322 e. The highest BCUT2D eigenvalue weighted by atomic mass is 16.1. The van der Waals surface area contributed by atoms with Crippen molar-refractivity contribution in [2.24, 2.45) is 9.98 Å². The topological polar surface area (TPSA) is 99.6 Å². The van der Waals surface area contributed by atoms with Crippen LogP contribution in [0.4, 0.5) is 34.6 Å². The normalized spacial score (nSPS) is 16.9. The average Bonchev–Trinajstić information content (AvgIpc) is 3.02. The number of benzene rings is 3. The van der Waals surface area contributed by atoms with Crippen LogP contribution < -0.4 is 9.48 Å². The number of nitrogens with zero attached hydrogens (tertiary/aromatic N) is 8. The lowest BCUT2D eigenvalue weighted by molar-refractivity contribution is 0.102. The number of anilines is 2. The number of aromatic nitrogens is 2. The second kappa shape index (κ2) is 8.72. The molecule has 1 aliphatic carbocycles. The van der Waals surface area contributed by atoms with Crippen molar-refractivity contribution >= 4 is 63.5 Å². The van der Waals surface area contributed by atoms with Crippen LogP contribution in [0.25, 0.3) is 9.69 Å². The number of para-hydroxylation sites is 2. The highest BCUT2D eigenvalue weighted by Crippen LogP contribution is 2.43. The minimum Gasteiger partial charge on any atom is -0.378 e. The summed E-state index contributed by atoms with van der Waals surface area (Å²) in [5, 5.41) is 0. The number of carbonyl (C=O) groups excluding carboxylic acids is 2. The van der Waals surface area contributed by atoms with Gasteiger partial charge in [0.2, 0.25) is 23.4 Å². The van der Waals surface area contributed by atoms with Crippen LogP contribution in [0.5, 0.6) is 0 Å². The first kappa shape index (κ1) is 23.0. The molecule has 0 amide bonds. The molecule has 3 heterocycles. The molecule has 10 heteroatoms. The molecule has 0 radical (unpaired) electrons. The van der Waals surface area contributed by atoms with Gasteiger partial charge >= 0.3 is 11.6 Å². The Morgan fingerprint density at radius 1 is 0.725 bits per heavy atom. The van der Waals surface area contributed by atoms with E-state index >= 15 is 0 Å². The van der Waals surface area contributed by atoms with Gasteiger partial charge in [-0.3, -0.25) is 14.5 Å². The minimum absolute atomic E-state index is 0.0361. The molecule has 186 valence electrons. The third-order valence-electron chi connectivity index (χ3n) is 6.78. The standard InChI is InChI=1S/C30H15N8O2/c1-31-25-26(32-2)36-30-29(35-25)37(17-11-5-3-6-12-17)27-28(38(30)18-13-7-4-8-14-18)34-22-21(33-27)23(39)19-15-9-10-16-20(19)24(22)40/h3-16,27H/q+1. The van der Waals surface area contributed by atoms with Crippen LogP contribution in [0, 0.1) is 13.1 Å². The van der Waals surface area contributed by atoms with Gasteiger partial charge < -0.3 is 9.69 Å². The molecule has 0 N–H and O–H groups in total. The molecule has 40 heavy (non-hydrogen) atoms. The molecule has 0 bridgehead atoms. The van der Waals surface area contributed by atoms with Crippen molar-refractivity contribution in [2.75, 3.05) is 4.90 Å². The van der Waals surface area contributed by atoms with Crippen molar-refractivity contribution < 1.29 is 9.59 Å². The summed E-state index contributed by atoms with van der Waals surface area (Å²) >= 11 is 0. The van der Waals surface area contributed by atoms with Gasteiger partial charge in [-0.05, 0) is 24.3 Å². The molecule has 10 nitrogen and oxygen atoms in total. The highest BCUT2D eigenvalue weighted by Gasteiger charge is 2.50. The van der Waals surface area contributed by atoms with Gasteiger partial charge in [0.1, 0.15) is 5.69 Å². The average molecular weight is 520 g/mol. The fourth-order valence-electron chi connectivity index (χ4n) is 5.03. The van der Waals surface area contributed by atoms with Crippen molar-refractivity contribution in [1.82, 2.24) is 14.5 Å². The zero-order valence-electron chi connectivity index (χ0n) is 20.6. The second-order valence-electron chi connectivity index (χ2n) is 8.99. The van der Waals surface area contributed by atoms with E-state index in [9.17, 15) is 9.59 Å². The van der Waals surface area contributed by atoms with E-state index in [4.69, 9.17) is 23.1 Å². The molecular weight excluding hydrogens is 504 g/mol. The predicted octanol–water partition coefficient (Wildman–Crippen LogP) is 5.26. The van der Waals surface area contributed by atoms with Crippen LogP contribution in [-0.4, -0.2) is 45.0 Å². The van der Waals surface area contributed by atoms with Crippen LogP contribution in [-0.2, 0) is 0 Å². The molecule has 0 spiro atoms. The monoisotopic (exact) mass is 519 g/mol. The molecule has 0 saturated carbocycles. The van der Waals surface area contributed by atoms with E-state index in [2.05, 4.69) is 19.7 Å². The summed E-state index contributed by atoms with van der Waals surface area (Å²) in [5.74, 6) is -0.292. The summed E-state index contributed by atoms with van der Waals surface area (Å²) in [4.78, 5) is 54.6. The van der Waals surface area contributed by atoms with Gasteiger partial charge in [-0.15, -0.1) is 9.97 Å². The van der Waals surface area contributed by atoms with Crippen LogP contribution in [0.3, 0.4) is 0 Å². The van der Waals surface area contributed by atoms with Crippen LogP contribution in [0.1, 0.15) is 20.7 Å². The molecule has 0 saturated heterocycles. The maximum absolute atomic E-state index is 13.6. The number of hydrogen-bond donors (Lipinski definition) is 0. The Bertz CT molecular complexity index is 1960. The Balaban J connectivity index is 1.60. The lowest BCUT2D eigenvalue weighted by Crippen LogP contribution is -2.51. The first-order valence-electron chi connectivity index (χ1n) is 12.2. The Morgan fingerprint density at radius 3 is 1.95 bits per heavy atom. The predicted molar refractivity (Wildman–Crippen MR) is 150 cm³/mol. The zero-order chi connectivity index (χ0) is 27.4. The minimum atomic E-state index is -0.928. The lowest BCUT2D eigenvalue weighted by Gasteiger charge is -2.34. The molecular formula is C30H15N8O2+. The number of Topliss-reactive ketones (excluding diaryl/α,β-unsaturated/α-hetero) is 2. The van der Waals surface area contributed by atoms with E-state index in [1.165, 1.54) is 0 Å². The van der Waals surface area contributed by atoms with Gasteiger partial charge in [0.15, 0.2) is 5.71 Å². The van der Waals surface area contributed by atoms with E-state index in [1.807, 2.05) is 60.7 Å². The number of aliphatic imine (C=N–C) groups is 2. The molecule has 0 fully saturated rings. The summed E-state index contributed by atoms with van der Waals surface area (Å²) in [6, 6.07) is 25.0. The van der Waals surface area contributed by atoms with E-state index in [0.717, 1.165) is 0 Å². The van der Waals surface area contributed by atoms with Gasteiger partial charge in [-0.1, -0.05) is 78.8 Å². The quantitative estimate of drug-likeness (QED) is 0.266. The van der Waals surface area contributed by atoms with Gasteiger partial charge in [0.05, 0.1) is 0 Å². The Labute approximate surface area is 227 Å². The summed E-state index contributed by atoms with van der Waals surface area (Å²) < 4.78 is 1.68. The highest BCUT2D eigenvalue weighted by molar-refractivity contribution is 6.88. The first-order chi connectivity index (χ1) is 19.6. The SMILES string of the molecule is [C-]#[N+]c1nc2c(nc1[N+]#[C-])[N+](c1ccccc1)=C1N=C3C(=O)c4ccccc4C(=O)C3=NC1N2c1ccccc1. The molecule has 1 aromatic heterocycles. The number of rotatable bonds is 2. The number of fused-ring (bicyclic) bond motifs is 4. The van der Waals surface area contributed by atoms with Crippen molar-refractivity contribution in [1.29, 1.82) is 0 Å². The van der Waals surface area contributed by atoms with Crippen LogP contribution >= 0.6 is 0 Å². The summed E-state index contributed by atoms with van der Waals surface area (Å²) in [5.41, 5.74) is 1.73. The fourth-order valence-corrected chi connectivity index (χ4v) is 5.03. The molecule has 4 aromatic rings. The summed E-state index contributed by atoms with van der Waals surface area (Å²) in [6.07, 6.45) is -0.928. The van der Waals surface area contributed by atoms with Crippen LogP contribution in [0.15, 0.2) is 94.9 Å². The molecule has 3 aliphatic rings. The Hall–Kier alpha value is -6.13. The largest absolute Gasteiger partial charge is 0.378 e. The van der Waals surface area contributed by atoms with Crippen molar-refractivity contribution in [3.8, 4) is 0 Å². The third-order valence-corrected chi connectivity index (χ3v) is 6.78. The first-order valence-corrected chi connectivity index (χ1v) is 12.2. The number of ketones is 2. The molecule has 1 atom stereocenters. The molecule has 7 rings (SSSR count). The van der Waals surface area contributed by atoms with Crippen molar-refractivity contribution in [3.05, 3.63) is 119 Å². The van der Waals surface area contributed by atoms with E-state index < -0.39 is 17.7 Å². The molecule has 3 aromatic carbocycles. The van der Waals surface area contributed by atoms with Crippen molar-refractivity contribution in [3.63, 3.8) is 0 Å². The third kappa shape index (κ3) is 3.24. The van der Waals surface area contributed by atoms with Gasteiger partial charge in [0.25, 0.3) is 17.5 Å². The smallest absolute Gasteiger partial charge is 0.322 e.